The van der Waals surface area contributed by atoms with Crippen molar-refractivity contribution in [3.8, 4) is 33.6 Å². The van der Waals surface area contributed by atoms with Crippen molar-refractivity contribution in [3.05, 3.63) is 107 Å². The number of ether oxygens (including phenoxy) is 2. The number of amides is 4. The molecule has 5 aromatic rings. The van der Waals surface area contributed by atoms with E-state index in [2.05, 4.69) is 93.1 Å². The quantitative estimate of drug-likeness (QED) is 0.101. The van der Waals surface area contributed by atoms with Gasteiger partial charge in [-0.2, -0.15) is 0 Å². The zero-order valence-electron chi connectivity index (χ0n) is 43.7. The lowest BCUT2D eigenvalue weighted by Gasteiger charge is -2.36. The van der Waals surface area contributed by atoms with Gasteiger partial charge < -0.3 is 39.9 Å². The molecule has 6 aliphatic carbocycles. The fourth-order valence-electron chi connectivity index (χ4n) is 13.2. The summed E-state index contributed by atoms with van der Waals surface area (Å²) < 4.78 is 9.88. The van der Waals surface area contributed by atoms with Gasteiger partial charge in [0.25, 0.3) is 0 Å². The number of H-pyrrole nitrogens is 2. The van der Waals surface area contributed by atoms with Gasteiger partial charge in [0, 0.05) is 35.6 Å². The van der Waals surface area contributed by atoms with Crippen LogP contribution in [0.3, 0.4) is 0 Å². The molecule has 14 heteroatoms. The molecular formula is C59H74N8O6. The summed E-state index contributed by atoms with van der Waals surface area (Å²) in [6.45, 7) is 10.1. The molecule has 4 unspecified atom stereocenters. The van der Waals surface area contributed by atoms with Crippen molar-refractivity contribution in [2.24, 2.45) is 23.7 Å². The van der Waals surface area contributed by atoms with Crippen molar-refractivity contribution in [1.29, 1.82) is 0 Å². The summed E-state index contributed by atoms with van der Waals surface area (Å²) in [6, 6.07) is 20.9. The van der Waals surface area contributed by atoms with Crippen molar-refractivity contribution in [2.75, 3.05) is 14.2 Å². The second kappa shape index (κ2) is 21.2. The maximum atomic E-state index is 14.6. The number of rotatable bonds is 11. The summed E-state index contributed by atoms with van der Waals surface area (Å²) in [5, 5.41) is 5.68. The van der Waals surface area contributed by atoms with E-state index < -0.39 is 24.3 Å². The third-order valence-electron chi connectivity index (χ3n) is 17.1. The summed E-state index contributed by atoms with van der Waals surface area (Å²) in [6.07, 6.45) is 15.5. The number of aryl methyl sites for hydroxylation is 2. The maximum Gasteiger partial charge on any atom is 0.407 e. The largest absolute Gasteiger partial charge is 0.453 e. The SMILES string of the molecule is COC(=O)N[C@H](C(=O)N1C2CCCCC2C[C@H]1c1nc(-c2ccc(-c3cc4c(-c5c[nH]c([C@@H]6CC7CCCCC7N6C(=O)[C@@H](NC(=O)OC)C(C)C)n5)cc3CCc3ccc(cc3)[C@H](C)C4)cc2)c[nH]1)C(C)C. The predicted molar refractivity (Wildman–Crippen MR) is 281 cm³/mol. The molecule has 386 valence electrons. The van der Waals surface area contributed by atoms with Crippen molar-refractivity contribution in [2.45, 2.75) is 160 Å². The van der Waals surface area contributed by atoms with E-state index in [0.29, 0.717) is 11.8 Å². The molecular weight excluding hydrogens is 917 g/mol. The average molecular weight is 991 g/mol. The molecule has 14 nitrogen and oxygen atoms in total. The number of carbonyl (C=O) groups is 4. The Balaban J connectivity index is 0.963. The number of hydrogen-bond acceptors (Lipinski definition) is 8. The second-order valence-corrected chi connectivity index (χ2v) is 22.4. The summed E-state index contributed by atoms with van der Waals surface area (Å²) in [4.78, 5) is 75.7. The van der Waals surface area contributed by atoms with Crippen molar-refractivity contribution >= 4 is 24.0 Å². The number of aromatic amines is 2. The molecule has 13 rings (SSSR count). The summed E-state index contributed by atoms with van der Waals surface area (Å²) in [5.74, 6) is 2.17. The van der Waals surface area contributed by atoms with Crippen molar-refractivity contribution in [3.63, 3.8) is 0 Å². The van der Waals surface area contributed by atoms with E-state index in [-0.39, 0.29) is 53.7 Å². The van der Waals surface area contributed by atoms with Gasteiger partial charge in [0.1, 0.15) is 23.7 Å². The van der Waals surface area contributed by atoms with Crippen molar-refractivity contribution < 1.29 is 28.7 Å². The zero-order chi connectivity index (χ0) is 51.1. The minimum atomic E-state index is -0.710. The smallest absolute Gasteiger partial charge is 0.407 e. The third-order valence-corrected chi connectivity index (χ3v) is 17.1. The number of hydrogen-bond donors (Lipinski definition) is 4. The highest BCUT2D eigenvalue weighted by Gasteiger charge is 2.50. The molecule has 0 spiro atoms. The van der Waals surface area contributed by atoms with Gasteiger partial charge in [0.15, 0.2) is 0 Å². The van der Waals surface area contributed by atoms with E-state index in [9.17, 15) is 19.2 Å². The topological polar surface area (TPSA) is 175 Å². The number of methoxy groups -OCH3 is 2. The van der Waals surface area contributed by atoms with E-state index >= 15 is 0 Å². The molecule has 3 aromatic carbocycles. The van der Waals surface area contributed by atoms with Crippen LogP contribution in [0.5, 0.6) is 0 Å². The van der Waals surface area contributed by atoms with Crippen LogP contribution in [-0.4, -0.2) is 92.1 Å². The molecule has 2 saturated carbocycles. The molecule has 8 aliphatic rings. The number of benzene rings is 3. The average Bonchev–Trinajstić information content (AvgIpc) is 4.24. The number of nitrogens with zero attached hydrogens (tertiary/aromatic N) is 4. The van der Waals surface area contributed by atoms with Crippen LogP contribution in [0.1, 0.15) is 151 Å². The zero-order valence-corrected chi connectivity index (χ0v) is 43.7. The molecule has 9 atom stereocenters. The molecule has 4 fully saturated rings. The molecule has 2 saturated heterocycles. The predicted octanol–water partition coefficient (Wildman–Crippen LogP) is 11.0. The number of fused-ring (bicyclic) bond motifs is 2. The van der Waals surface area contributed by atoms with Gasteiger partial charge in [-0.15, -0.1) is 0 Å². The van der Waals surface area contributed by atoms with Crippen LogP contribution in [0.2, 0.25) is 0 Å². The van der Waals surface area contributed by atoms with E-state index in [4.69, 9.17) is 19.4 Å². The van der Waals surface area contributed by atoms with Crippen LogP contribution in [0.15, 0.2) is 73.1 Å². The first kappa shape index (κ1) is 50.1. The van der Waals surface area contributed by atoms with E-state index in [1.165, 1.54) is 42.0 Å². The number of imidazole rings is 2. The second-order valence-electron chi connectivity index (χ2n) is 22.4. The Kier molecular flexibility index (Phi) is 14.5. The molecule has 2 aromatic heterocycles. The Hall–Kier alpha value is -6.44. The number of alkyl carbamates (subject to hydrolysis) is 2. The highest BCUT2D eigenvalue weighted by Crippen LogP contribution is 2.48. The lowest BCUT2D eigenvalue weighted by atomic mass is 9.84. The molecule has 73 heavy (non-hydrogen) atoms. The van der Waals surface area contributed by atoms with Gasteiger partial charge in [-0.25, -0.2) is 19.6 Å². The van der Waals surface area contributed by atoms with Crippen LogP contribution in [-0.2, 0) is 38.3 Å². The molecule has 2 aliphatic heterocycles. The number of likely N-dealkylation sites (tertiary alicyclic amines) is 2. The van der Waals surface area contributed by atoms with Crippen LogP contribution >= 0.6 is 0 Å². The maximum absolute atomic E-state index is 14.6. The Morgan fingerprint density at radius 2 is 1.11 bits per heavy atom. The third kappa shape index (κ3) is 10.0. The minimum Gasteiger partial charge on any atom is -0.453 e. The van der Waals surface area contributed by atoms with Gasteiger partial charge in [-0.05, 0) is 127 Å². The fourth-order valence-corrected chi connectivity index (χ4v) is 13.2. The van der Waals surface area contributed by atoms with Crippen molar-refractivity contribution in [1.82, 2.24) is 40.4 Å². The van der Waals surface area contributed by atoms with Crippen LogP contribution in [0, 0.1) is 23.7 Å². The van der Waals surface area contributed by atoms with Crippen LogP contribution < -0.4 is 10.6 Å². The Labute approximate surface area is 430 Å². The fraction of sp³-hybridized carbons (Fsp3) is 0.525. The Bertz CT molecular complexity index is 2800. The summed E-state index contributed by atoms with van der Waals surface area (Å²) in [7, 11) is 2.66. The van der Waals surface area contributed by atoms with E-state index in [1.54, 1.807) is 0 Å². The minimum absolute atomic E-state index is 0.0752. The van der Waals surface area contributed by atoms with E-state index in [1.807, 2.05) is 45.0 Å². The first-order valence-corrected chi connectivity index (χ1v) is 27.1. The lowest BCUT2D eigenvalue weighted by molar-refractivity contribution is -0.139. The first-order valence-electron chi connectivity index (χ1n) is 27.1. The number of aromatic nitrogens is 4. The summed E-state index contributed by atoms with van der Waals surface area (Å²) in [5.41, 5.74) is 11.2. The summed E-state index contributed by atoms with van der Waals surface area (Å²) >= 11 is 0. The molecule has 4 heterocycles. The van der Waals surface area contributed by atoms with Gasteiger partial charge in [-0.3, -0.25) is 9.59 Å². The molecule has 4 amide bonds. The highest BCUT2D eigenvalue weighted by molar-refractivity contribution is 5.88. The van der Waals surface area contributed by atoms with Gasteiger partial charge in [-0.1, -0.05) is 115 Å². The van der Waals surface area contributed by atoms with Gasteiger partial charge >= 0.3 is 12.2 Å². The number of nitrogens with one attached hydrogen (secondary N) is 4. The highest BCUT2D eigenvalue weighted by atomic mass is 16.5. The molecule has 4 bridgehead atoms. The first-order chi connectivity index (χ1) is 35.3. The molecule has 4 N–H and O–H groups in total. The lowest BCUT2D eigenvalue weighted by Crippen LogP contribution is -2.53. The monoisotopic (exact) mass is 991 g/mol. The normalized spacial score (nSPS) is 24.4. The van der Waals surface area contributed by atoms with E-state index in [0.717, 1.165) is 123 Å². The Morgan fingerprint density at radius 3 is 1.64 bits per heavy atom. The Morgan fingerprint density at radius 1 is 0.616 bits per heavy atom. The standard InChI is InChI=1S/C59H74N8O6/c1-33(2)52(64-58(70)72-6)56(68)66-48-14-10-8-12-41(48)29-50(66)54-60-31-46(62-54)39-24-22-38(23-25-39)44-28-43-26-35(5)37-19-16-36(17-20-37)18-21-40(44)27-45(43)47-32-61-55(63-47)51-30-42-13-9-11-15-49(42)67(51)57(69)53(34(3)4)65-59(71)73-7/h16-17,19-20,22-25,27-28,31-35,41-42,48-53H,8-15,18,21,26,29-30H2,1-7H3,(H,60,62)(H,61,63)(H,64,70)(H,65,71)/t35-,41?,42?,48?,49?,50+,51+,52+,53+/m1/s1. The van der Waals surface area contributed by atoms with Crippen LogP contribution in [0.4, 0.5) is 9.59 Å². The number of carbonyl (C=O) groups excluding carboxylic acids is 4. The van der Waals surface area contributed by atoms with Gasteiger partial charge in [0.2, 0.25) is 11.8 Å². The molecule has 0 radical (unpaired) electrons. The van der Waals surface area contributed by atoms with Crippen LogP contribution in [0.25, 0.3) is 33.6 Å². The van der Waals surface area contributed by atoms with Gasteiger partial charge in [0.05, 0.1) is 37.7 Å².